The molecule has 0 unspecified atom stereocenters. The summed E-state index contributed by atoms with van der Waals surface area (Å²) < 4.78 is 5.09. The van der Waals surface area contributed by atoms with Gasteiger partial charge in [-0.25, -0.2) is 0 Å². The van der Waals surface area contributed by atoms with Gasteiger partial charge in [-0.2, -0.15) is 0 Å². The van der Waals surface area contributed by atoms with Crippen LogP contribution in [0.3, 0.4) is 0 Å². The number of rotatable bonds is 7. The van der Waals surface area contributed by atoms with E-state index in [-0.39, 0.29) is 0 Å². The van der Waals surface area contributed by atoms with Gasteiger partial charge in [-0.15, -0.1) is 11.3 Å². The number of methoxy groups -OCH3 is 1. The summed E-state index contributed by atoms with van der Waals surface area (Å²) in [6, 6.07) is 12.9. The van der Waals surface area contributed by atoms with E-state index in [4.69, 9.17) is 4.74 Å². The van der Waals surface area contributed by atoms with Crippen LogP contribution in [0.2, 0.25) is 0 Å². The van der Waals surface area contributed by atoms with Gasteiger partial charge < -0.3 is 10.1 Å². The van der Waals surface area contributed by atoms with Gasteiger partial charge in [0.2, 0.25) is 0 Å². The molecule has 0 bridgehead atoms. The Morgan fingerprint density at radius 3 is 2.56 bits per heavy atom. The zero-order valence-corrected chi connectivity index (χ0v) is 11.5. The molecular weight excluding hydrogens is 242 g/mol. The molecule has 96 valence electrons. The summed E-state index contributed by atoms with van der Waals surface area (Å²) in [6.07, 6.45) is 1.11. The van der Waals surface area contributed by atoms with Crippen molar-refractivity contribution in [1.82, 2.24) is 5.32 Å². The average Bonchev–Trinajstić information content (AvgIpc) is 2.90. The summed E-state index contributed by atoms with van der Waals surface area (Å²) in [5.74, 6) is 0. The highest BCUT2D eigenvalue weighted by molar-refractivity contribution is 7.09. The first-order valence-electron chi connectivity index (χ1n) is 6.18. The van der Waals surface area contributed by atoms with Gasteiger partial charge in [-0.3, -0.25) is 0 Å². The Balaban J connectivity index is 1.69. The van der Waals surface area contributed by atoms with Crippen molar-refractivity contribution in [1.29, 1.82) is 0 Å². The van der Waals surface area contributed by atoms with E-state index in [1.807, 2.05) is 11.3 Å². The summed E-state index contributed by atoms with van der Waals surface area (Å²) in [6.45, 7) is 2.64. The molecule has 1 aromatic carbocycles. The lowest BCUT2D eigenvalue weighted by Crippen LogP contribution is -2.16. The van der Waals surface area contributed by atoms with E-state index < -0.39 is 0 Å². The molecule has 3 heteroatoms. The van der Waals surface area contributed by atoms with Crippen LogP contribution in [0.15, 0.2) is 41.8 Å². The van der Waals surface area contributed by atoms with Crippen LogP contribution in [-0.4, -0.2) is 13.7 Å². The summed E-state index contributed by atoms with van der Waals surface area (Å²) in [7, 11) is 1.72. The summed E-state index contributed by atoms with van der Waals surface area (Å²) in [5.41, 5.74) is 2.54. The monoisotopic (exact) mass is 261 g/mol. The minimum Gasteiger partial charge on any atom is -0.380 e. The second-order valence-corrected chi connectivity index (χ2v) is 5.29. The summed E-state index contributed by atoms with van der Waals surface area (Å²) in [5, 5.41) is 5.60. The molecule has 0 saturated heterocycles. The first-order chi connectivity index (χ1) is 8.88. The van der Waals surface area contributed by atoms with Gasteiger partial charge in [0.05, 0.1) is 6.61 Å². The van der Waals surface area contributed by atoms with Crippen molar-refractivity contribution in [2.75, 3.05) is 13.7 Å². The van der Waals surface area contributed by atoms with E-state index in [0.717, 1.165) is 19.5 Å². The molecule has 2 aromatic rings. The molecular formula is C15H19NOS. The summed E-state index contributed by atoms with van der Waals surface area (Å²) in [4.78, 5) is 1.44. The lowest BCUT2D eigenvalue weighted by atomic mass is 10.1. The minimum absolute atomic E-state index is 0.687. The molecule has 2 nitrogen and oxygen atoms in total. The van der Waals surface area contributed by atoms with Gasteiger partial charge in [0.15, 0.2) is 0 Å². The minimum atomic E-state index is 0.687. The molecule has 0 spiro atoms. The fraction of sp³-hybridized carbons (Fsp3) is 0.333. The zero-order chi connectivity index (χ0) is 12.6. The van der Waals surface area contributed by atoms with E-state index in [1.165, 1.54) is 16.0 Å². The zero-order valence-electron chi connectivity index (χ0n) is 10.7. The van der Waals surface area contributed by atoms with Crippen LogP contribution < -0.4 is 5.32 Å². The normalized spacial score (nSPS) is 10.7. The van der Waals surface area contributed by atoms with Crippen molar-refractivity contribution in [2.45, 2.75) is 19.6 Å². The SMILES string of the molecule is COCc1ccc(CNCCc2cccs2)cc1. The maximum absolute atomic E-state index is 5.09. The number of thiophene rings is 1. The molecule has 0 aliphatic heterocycles. The van der Waals surface area contributed by atoms with Crippen molar-refractivity contribution in [2.24, 2.45) is 0 Å². The molecule has 1 N–H and O–H groups in total. The fourth-order valence-corrected chi connectivity index (χ4v) is 2.53. The molecule has 0 aliphatic rings. The number of hydrogen-bond acceptors (Lipinski definition) is 3. The smallest absolute Gasteiger partial charge is 0.0713 e. The Morgan fingerprint density at radius 2 is 1.89 bits per heavy atom. The Kier molecular flexibility index (Phi) is 5.39. The highest BCUT2D eigenvalue weighted by Gasteiger charge is 1.96. The standard InChI is InChI=1S/C15H19NOS/c1-17-12-14-6-4-13(5-7-14)11-16-9-8-15-3-2-10-18-15/h2-7,10,16H,8-9,11-12H2,1H3. The van der Waals surface area contributed by atoms with E-state index in [2.05, 4.69) is 47.1 Å². The van der Waals surface area contributed by atoms with Crippen molar-refractivity contribution in [3.63, 3.8) is 0 Å². The average molecular weight is 261 g/mol. The van der Waals surface area contributed by atoms with Gasteiger partial charge >= 0.3 is 0 Å². The molecule has 0 atom stereocenters. The molecule has 18 heavy (non-hydrogen) atoms. The van der Waals surface area contributed by atoms with Crippen LogP contribution in [0.25, 0.3) is 0 Å². The van der Waals surface area contributed by atoms with Crippen LogP contribution >= 0.6 is 11.3 Å². The van der Waals surface area contributed by atoms with Gasteiger partial charge in [0.1, 0.15) is 0 Å². The van der Waals surface area contributed by atoms with Crippen LogP contribution in [0, 0.1) is 0 Å². The van der Waals surface area contributed by atoms with Crippen molar-refractivity contribution in [3.05, 3.63) is 57.8 Å². The molecule has 0 saturated carbocycles. The van der Waals surface area contributed by atoms with Crippen LogP contribution in [0.4, 0.5) is 0 Å². The highest BCUT2D eigenvalue weighted by Crippen LogP contribution is 2.08. The van der Waals surface area contributed by atoms with Crippen molar-refractivity contribution >= 4 is 11.3 Å². The molecule has 1 aromatic heterocycles. The third-order valence-electron chi connectivity index (χ3n) is 2.79. The quantitative estimate of drug-likeness (QED) is 0.773. The van der Waals surface area contributed by atoms with Gasteiger partial charge in [-0.1, -0.05) is 30.3 Å². The molecule has 0 radical (unpaired) electrons. The van der Waals surface area contributed by atoms with E-state index in [9.17, 15) is 0 Å². The highest BCUT2D eigenvalue weighted by atomic mass is 32.1. The summed E-state index contributed by atoms with van der Waals surface area (Å²) >= 11 is 1.82. The molecule has 0 aliphatic carbocycles. The fourth-order valence-electron chi connectivity index (χ4n) is 1.82. The van der Waals surface area contributed by atoms with Crippen molar-refractivity contribution in [3.8, 4) is 0 Å². The molecule has 1 heterocycles. The van der Waals surface area contributed by atoms with E-state index in [0.29, 0.717) is 6.61 Å². The maximum Gasteiger partial charge on any atom is 0.0713 e. The predicted octanol–water partition coefficient (Wildman–Crippen LogP) is 3.23. The second kappa shape index (κ2) is 7.31. The molecule has 0 fully saturated rings. The number of nitrogens with one attached hydrogen (secondary N) is 1. The van der Waals surface area contributed by atoms with Gasteiger partial charge in [0.25, 0.3) is 0 Å². The first-order valence-corrected chi connectivity index (χ1v) is 7.06. The number of hydrogen-bond donors (Lipinski definition) is 1. The molecule has 2 rings (SSSR count). The molecule has 0 amide bonds. The topological polar surface area (TPSA) is 21.3 Å². The third kappa shape index (κ3) is 4.26. The lowest BCUT2D eigenvalue weighted by Gasteiger charge is -2.05. The maximum atomic E-state index is 5.09. The van der Waals surface area contributed by atoms with Gasteiger partial charge in [-0.05, 0) is 29.0 Å². The van der Waals surface area contributed by atoms with Crippen LogP contribution in [-0.2, 0) is 24.3 Å². The second-order valence-electron chi connectivity index (χ2n) is 4.26. The Morgan fingerprint density at radius 1 is 1.11 bits per heavy atom. The largest absolute Gasteiger partial charge is 0.380 e. The predicted molar refractivity (Wildman–Crippen MR) is 76.9 cm³/mol. The van der Waals surface area contributed by atoms with Crippen LogP contribution in [0.1, 0.15) is 16.0 Å². The third-order valence-corrected chi connectivity index (χ3v) is 3.73. The Labute approximate surface area is 113 Å². The van der Waals surface area contributed by atoms with E-state index in [1.54, 1.807) is 7.11 Å². The Hall–Kier alpha value is -1.16. The Bertz CT molecular complexity index is 436. The van der Waals surface area contributed by atoms with Crippen molar-refractivity contribution < 1.29 is 4.74 Å². The first kappa shape index (κ1) is 13.3. The van der Waals surface area contributed by atoms with Gasteiger partial charge in [0, 0.05) is 25.1 Å². The number of ether oxygens (including phenoxy) is 1. The van der Waals surface area contributed by atoms with E-state index >= 15 is 0 Å². The lowest BCUT2D eigenvalue weighted by molar-refractivity contribution is 0.185. The number of benzene rings is 1. The van der Waals surface area contributed by atoms with Crippen LogP contribution in [0.5, 0.6) is 0 Å².